The lowest BCUT2D eigenvalue weighted by molar-refractivity contribution is -0.136. The number of nitrogens with one attached hydrogen (secondary N) is 1. The summed E-state index contributed by atoms with van der Waals surface area (Å²) in [5.74, 6) is -1.41. The molecule has 2 fully saturated rings. The number of benzene rings is 2. The van der Waals surface area contributed by atoms with Crippen LogP contribution in [0.3, 0.4) is 0 Å². The number of halogens is 1. The van der Waals surface area contributed by atoms with E-state index in [0.29, 0.717) is 12.0 Å². The molecule has 1 aromatic heterocycles. The number of hydrogen-bond acceptors (Lipinski definition) is 6. The third-order valence-electron chi connectivity index (χ3n) is 7.48. The van der Waals surface area contributed by atoms with Gasteiger partial charge in [-0.1, -0.05) is 6.07 Å². The molecule has 3 aromatic rings. The summed E-state index contributed by atoms with van der Waals surface area (Å²) in [5, 5.41) is 2.32. The molecule has 2 aromatic carbocycles. The Morgan fingerprint density at radius 2 is 1.91 bits per heavy atom. The van der Waals surface area contributed by atoms with Crippen molar-refractivity contribution in [1.29, 1.82) is 0 Å². The molecule has 0 bridgehead atoms. The first kappa shape index (κ1) is 21.9. The number of aromatic nitrogens is 1. The van der Waals surface area contributed by atoms with Crippen molar-refractivity contribution in [3.05, 3.63) is 64.8 Å². The number of carbonyl (C=O) groups is 3. The van der Waals surface area contributed by atoms with E-state index in [4.69, 9.17) is 4.42 Å². The van der Waals surface area contributed by atoms with Gasteiger partial charge < -0.3 is 9.32 Å². The minimum absolute atomic E-state index is 0.141. The van der Waals surface area contributed by atoms with Gasteiger partial charge in [-0.2, -0.15) is 0 Å². The minimum Gasteiger partial charge on any atom is -0.443 e. The molecular formula is C26H25FN4O4. The van der Waals surface area contributed by atoms with E-state index in [1.54, 1.807) is 6.07 Å². The van der Waals surface area contributed by atoms with E-state index < -0.39 is 17.8 Å². The van der Waals surface area contributed by atoms with Crippen LogP contribution in [0.4, 0.5) is 4.39 Å². The number of nitrogens with zero attached hydrogens (tertiary/aromatic N) is 3. The second kappa shape index (κ2) is 8.57. The highest BCUT2D eigenvalue weighted by atomic mass is 19.1. The van der Waals surface area contributed by atoms with Gasteiger partial charge in [-0.05, 0) is 79.2 Å². The van der Waals surface area contributed by atoms with Crippen LogP contribution in [0.5, 0.6) is 0 Å². The molecule has 3 aliphatic rings. The number of fused-ring (bicyclic) bond motifs is 2. The Bertz CT molecular complexity index is 1340. The second-order valence-corrected chi connectivity index (χ2v) is 9.63. The van der Waals surface area contributed by atoms with Crippen molar-refractivity contribution in [3.8, 4) is 0 Å². The van der Waals surface area contributed by atoms with Crippen molar-refractivity contribution in [1.82, 2.24) is 20.1 Å². The Morgan fingerprint density at radius 3 is 2.71 bits per heavy atom. The summed E-state index contributed by atoms with van der Waals surface area (Å²) in [5.41, 5.74) is 4.80. The van der Waals surface area contributed by atoms with E-state index in [0.717, 1.165) is 60.3 Å². The summed E-state index contributed by atoms with van der Waals surface area (Å²) in [6.45, 7) is 2.78. The van der Waals surface area contributed by atoms with E-state index in [-0.39, 0.29) is 30.7 Å². The molecule has 0 aliphatic carbocycles. The molecular weight excluding hydrogens is 451 g/mol. The van der Waals surface area contributed by atoms with Crippen LogP contribution in [0, 0.1) is 5.82 Å². The monoisotopic (exact) mass is 476 g/mol. The molecule has 6 rings (SSSR count). The van der Waals surface area contributed by atoms with Crippen LogP contribution in [0.15, 0.2) is 41.1 Å². The normalized spacial score (nSPS) is 21.6. The van der Waals surface area contributed by atoms with E-state index in [1.165, 1.54) is 17.4 Å². The number of imide groups is 1. The fourth-order valence-corrected chi connectivity index (χ4v) is 5.68. The van der Waals surface area contributed by atoms with E-state index in [2.05, 4.69) is 21.3 Å². The van der Waals surface area contributed by atoms with Gasteiger partial charge in [-0.25, -0.2) is 9.37 Å². The molecule has 2 saturated heterocycles. The topological polar surface area (TPSA) is 95.8 Å². The highest BCUT2D eigenvalue weighted by Gasteiger charge is 2.41. The van der Waals surface area contributed by atoms with Gasteiger partial charge >= 0.3 is 0 Å². The zero-order valence-corrected chi connectivity index (χ0v) is 19.1. The van der Waals surface area contributed by atoms with Gasteiger partial charge in [0.1, 0.15) is 17.4 Å². The summed E-state index contributed by atoms with van der Waals surface area (Å²) in [4.78, 5) is 45.0. The molecule has 4 heterocycles. The van der Waals surface area contributed by atoms with Crippen LogP contribution in [0.2, 0.25) is 0 Å². The van der Waals surface area contributed by atoms with Crippen LogP contribution in [-0.4, -0.2) is 51.6 Å². The highest BCUT2D eigenvalue weighted by Crippen LogP contribution is 2.38. The summed E-state index contributed by atoms with van der Waals surface area (Å²) < 4.78 is 20.0. The molecule has 9 heteroatoms. The smallest absolute Gasteiger partial charge is 0.255 e. The predicted molar refractivity (Wildman–Crippen MR) is 124 cm³/mol. The number of rotatable bonds is 4. The van der Waals surface area contributed by atoms with E-state index in [9.17, 15) is 18.8 Å². The first-order chi connectivity index (χ1) is 17.0. The minimum atomic E-state index is -0.702. The lowest BCUT2D eigenvalue weighted by Gasteiger charge is -2.33. The SMILES string of the molecule is O=C1CCC(N2Cc3c(cc(F)cc3C3CCN(Cc4ccc5ncoc5c4)CC3)C2=O)C(=O)N1. The number of amides is 3. The molecule has 1 N–H and O–H groups in total. The van der Waals surface area contributed by atoms with Crippen LogP contribution in [-0.2, 0) is 22.7 Å². The zero-order valence-electron chi connectivity index (χ0n) is 19.1. The Balaban J connectivity index is 1.17. The van der Waals surface area contributed by atoms with Crippen molar-refractivity contribution >= 4 is 28.8 Å². The average molecular weight is 477 g/mol. The zero-order chi connectivity index (χ0) is 24.1. The van der Waals surface area contributed by atoms with Crippen molar-refractivity contribution < 1.29 is 23.2 Å². The third-order valence-corrected chi connectivity index (χ3v) is 7.48. The Kier molecular flexibility index (Phi) is 5.36. The summed E-state index contributed by atoms with van der Waals surface area (Å²) in [6, 6.07) is 8.17. The number of carbonyl (C=O) groups excluding carboxylic acids is 3. The summed E-state index contributed by atoms with van der Waals surface area (Å²) in [7, 11) is 0. The van der Waals surface area contributed by atoms with Gasteiger partial charge in [0, 0.05) is 25.1 Å². The highest BCUT2D eigenvalue weighted by molar-refractivity contribution is 6.05. The number of piperidine rings is 2. The lowest BCUT2D eigenvalue weighted by atomic mass is 9.85. The second-order valence-electron chi connectivity index (χ2n) is 9.63. The van der Waals surface area contributed by atoms with Gasteiger partial charge in [0.05, 0.1) is 0 Å². The quantitative estimate of drug-likeness (QED) is 0.582. The molecule has 1 unspecified atom stereocenters. The Morgan fingerprint density at radius 1 is 1.09 bits per heavy atom. The van der Waals surface area contributed by atoms with Crippen LogP contribution in [0.25, 0.3) is 11.1 Å². The number of likely N-dealkylation sites (tertiary alicyclic amines) is 1. The Labute approximate surface area is 201 Å². The summed E-state index contributed by atoms with van der Waals surface area (Å²) >= 11 is 0. The first-order valence-corrected chi connectivity index (χ1v) is 12.0. The molecule has 3 amide bonds. The maximum atomic E-state index is 14.6. The van der Waals surface area contributed by atoms with Crippen molar-refractivity contribution in [2.24, 2.45) is 0 Å². The summed E-state index contributed by atoms with van der Waals surface area (Å²) in [6.07, 6.45) is 3.64. The van der Waals surface area contributed by atoms with Gasteiger partial charge in [-0.3, -0.25) is 24.6 Å². The maximum absolute atomic E-state index is 14.6. The average Bonchev–Trinajstić information content (AvgIpc) is 3.44. The van der Waals surface area contributed by atoms with Gasteiger partial charge in [-0.15, -0.1) is 0 Å². The first-order valence-electron chi connectivity index (χ1n) is 12.0. The molecule has 0 radical (unpaired) electrons. The van der Waals surface area contributed by atoms with Crippen molar-refractivity contribution in [2.75, 3.05) is 13.1 Å². The van der Waals surface area contributed by atoms with Crippen LogP contribution >= 0.6 is 0 Å². The lowest BCUT2D eigenvalue weighted by Crippen LogP contribution is -2.52. The van der Waals surface area contributed by atoms with Crippen LogP contribution < -0.4 is 5.32 Å². The molecule has 8 nitrogen and oxygen atoms in total. The predicted octanol–water partition coefficient (Wildman–Crippen LogP) is 3.11. The fraction of sp³-hybridized carbons (Fsp3) is 0.385. The van der Waals surface area contributed by atoms with Gasteiger partial charge in [0.25, 0.3) is 5.91 Å². The third kappa shape index (κ3) is 3.99. The standard InChI is InChI=1S/C26H25FN4O4/c27-17-10-18(20-13-31(26(34)19(20)11-17)22-3-4-24(32)29-25(22)33)16-5-7-30(8-6-16)12-15-1-2-21-23(9-15)35-14-28-21/h1-2,9-11,14,16,22H,3-8,12-13H2,(H,29,32,33). The van der Waals surface area contributed by atoms with E-state index in [1.807, 2.05) is 12.1 Å². The van der Waals surface area contributed by atoms with Gasteiger partial charge in [0.2, 0.25) is 11.8 Å². The van der Waals surface area contributed by atoms with Crippen molar-refractivity contribution in [3.63, 3.8) is 0 Å². The molecule has 35 heavy (non-hydrogen) atoms. The van der Waals surface area contributed by atoms with Gasteiger partial charge in [0.15, 0.2) is 12.0 Å². The molecule has 0 spiro atoms. The molecule has 0 saturated carbocycles. The van der Waals surface area contributed by atoms with Crippen LogP contribution in [0.1, 0.15) is 58.6 Å². The molecule has 1 atom stereocenters. The largest absolute Gasteiger partial charge is 0.443 e. The molecule has 180 valence electrons. The fourth-order valence-electron chi connectivity index (χ4n) is 5.68. The van der Waals surface area contributed by atoms with Crippen molar-refractivity contribution in [2.45, 2.75) is 50.7 Å². The number of oxazole rings is 1. The number of hydrogen-bond donors (Lipinski definition) is 1. The Hall–Kier alpha value is -3.59. The molecule has 3 aliphatic heterocycles. The van der Waals surface area contributed by atoms with E-state index >= 15 is 0 Å². The maximum Gasteiger partial charge on any atom is 0.255 e.